The molecule has 1 saturated heterocycles. The second-order valence-corrected chi connectivity index (χ2v) is 20.8. The third kappa shape index (κ3) is 15.4. The number of piperidine rings is 1. The molecule has 418 valence electrons. The maximum absolute atomic E-state index is 14.7. The van der Waals surface area contributed by atoms with E-state index in [2.05, 4.69) is 20.9 Å². The summed E-state index contributed by atoms with van der Waals surface area (Å²) in [6, 6.07) is 27.8. The summed E-state index contributed by atoms with van der Waals surface area (Å²) < 4.78 is 30.7. The Hall–Kier alpha value is -7.54. The quantitative estimate of drug-likeness (QED) is 0.0210. The number of imide groups is 1. The maximum atomic E-state index is 14.7. The fraction of sp³-hybridized carbons (Fsp3) is 0.426. The Morgan fingerprint density at radius 3 is 2.34 bits per heavy atom. The number of nitrogens with one attached hydrogen (secondary N) is 2. The van der Waals surface area contributed by atoms with E-state index in [0.29, 0.717) is 96.3 Å². The number of hydrogen-bond donors (Lipinski definition) is 5. The number of aromatic nitrogens is 4. The Morgan fingerprint density at radius 1 is 0.823 bits per heavy atom. The first-order valence-corrected chi connectivity index (χ1v) is 27.7. The fourth-order valence-electron chi connectivity index (χ4n) is 10.7. The van der Waals surface area contributed by atoms with Crippen LogP contribution in [0.3, 0.4) is 0 Å². The van der Waals surface area contributed by atoms with Gasteiger partial charge in [0.25, 0.3) is 11.8 Å². The van der Waals surface area contributed by atoms with E-state index in [4.69, 9.17) is 9.47 Å². The summed E-state index contributed by atoms with van der Waals surface area (Å²) in [5.74, 6) is -2.43. The molecule has 0 saturated carbocycles. The third-order valence-corrected chi connectivity index (χ3v) is 14.5. The first kappa shape index (κ1) is 57.6. The van der Waals surface area contributed by atoms with Gasteiger partial charge in [-0.3, -0.25) is 34.0 Å². The molecule has 8 rings (SSSR count). The Labute approximate surface area is 460 Å². The van der Waals surface area contributed by atoms with Gasteiger partial charge in [0.15, 0.2) is 0 Å². The van der Waals surface area contributed by atoms with E-state index in [0.717, 1.165) is 68.3 Å². The van der Waals surface area contributed by atoms with E-state index in [1.54, 1.807) is 29.2 Å². The molecule has 4 aromatic carbocycles. The van der Waals surface area contributed by atoms with Gasteiger partial charge in [0.05, 0.1) is 42.2 Å². The number of carboxylic acid groups (broad SMARTS) is 1. The highest BCUT2D eigenvalue weighted by Crippen LogP contribution is 2.44. The van der Waals surface area contributed by atoms with Gasteiger partial charge in [-0.1, -0.05) is 80.8 Å². The molecule has 3 unspecified atom stereocenters. The highest BCUT2D eigenvalue weighted by Gasteiger charge is 2.40. The molecule has 5 N–H and O–H groups in total. The number of carboxylic acids is 1. The Morgan fingerprint density at radius 2 is 1.57 bits per heavy atom. The summed E-state index contributed by atoms with van der Waals surface area (Å²) in [5.41, 5.74) is 7.81. The minimum atomic E-state index is -1.24. The molecule has 0 spiro atoms. The van der Waals surface area contributed by atoms with Crippen LogP contribution < -0.4 is 15.4 Å². The van der Waals surface area contributed by atoms with Crippen molar-refractivity contribution in [3.63, 3.8) is 0 Å². The van der Waals surface area contributed by atoms with Crippen LogP contribution in [-0.4, -0.2) is 107 Å². The molecule has 0 radical (unpaired) electrons. The molecule has 18 heteroatoms. The SMILES string of the molecule is CC(C)c1c(C(=O)Nc2ccccc2)c(-c2cccc(OCCCc3cn(CCCCCCCOCCCc4cccc5c4CN(C4CCC(=O)NC4=O)C5=O)nn3)c2)c(-c2ccc(F)cc2)n1CCC(O)CC(O)CC(=O)O. The minimum absolute atomic E-state index is 0.139. The van der Waals surface area contributed by atoms with Crippen molar-refractivity contribution < 1.29 is 53.2 Å². The topological polar surface area (TPSA) is 227 Å². The summed E-state index contributed by atoms with van der Waals surface area (Å²) in [6.45, 7) is 7.02. The molecule has 79 heavy (non-hydrogen) atoms. The van der Waals surface area contributed by atoms with Crippen LogP contribution in [-0.2, 0) is 51.6 Å². The van der Waals surface area contributed by atoms with Crippen LogP contribution in [0.2, 0.25) is 0 Å². The zero-order valence-electron chi connectivity index (χ0n) is 45.1. The summed E-state index contributed by atoms with van der Waals surface area (Å²) in [5, 5.41) is 44.8. The zero-order chi connectivity index (χ0) is 55.8. The van der Waals surface area contributed by atoms with Gasteiger partial charge in [-0.2, -0.15) is 0 Å². The van der Waals surface area contributed by atoms with Crippen LogP contribution >= 0.6 is 0 Å². The number of benzene rings is 4. The van der Waals surface area contributed by atoms with Gasteiger partial charge in [0, 0.05) is 68.0 Å². The number of fused-ring (bicyclic) bond motifs is 1. The number of carbonyl (C=O) groups is 5. The molecule has 0 bridgehead atoms. The predicted octanol–water partition coefficient (Wildman–Crippen LogP) is 9.28. The lowest BCUT2D eigenvalue weighted by molar-refractivity contribution is -0.140. The van der Waals surface area contributed by atoms with Crippen molar-refractivity contribution in [1.29, 1.82) is 0 Å². The van der Waals surface area contributed by atoms with E-state index in [9.17, 15) is 43.7 Å². The molecule has 0 aliphatic carbocycles. The van der Waals surface area contributed by atoms with E-state index in [-0.39, 0.29) is 49.4 Å². The van der Waals surface area contributed by atoms with Crippen molar-refractivity contribution in [1.82, 2.24) is 29.8 Å². The van der Waals surface area contributed by atoms with Crippen LogP contribution in [0.4, 0.5) is 10.1 Å². The van der Waals surface area contributed by atoms with Gasteiger partial charge in [-0.25, -0.2) is 4.39 Å². The molecule has 2 aromatic heterocycles. The van der Waals surface area contributed by atoms with E-state index in [1.807, 2.05) is 90.0 Å². The predicted molar refractivity (Wildman–Crippen MR) is 296 cm³/mol. The zero-order valence-corrected chi connectivity index (χ0v) is 45.1. The van der Waals surface area contributed by atoms with Crippen LogP contribution in [0.5, 0.6) is 5.75 Å². The largest absolute Gasteiger partial charge is 0.494 e. The number of anilines is 1. The molecule has 4 heterocycles. The molecule has 6 aromatic rings. The van der Waals surface area contributed by atoms with Crippen molar-refractivity contribution in [2.45, 2.75) is 148 Å². The number of unbranched alkanes of at least 4 members (excludes halogenated alkanes) is 4. The standard InChI is InChI=1S/C61H72FN7O10/c1-40(2)57-56(60(76)63-45-18-7-6-8-19-45)55(58(42-23-25-44(62)26-24-42)68(57)31-29-47(70)36-48(71)37-54(73)74)43-16-11-21-49(35-43)79-34-14-20-46-38-67(66-65-46)30-9-4-3-5-10-32-78-33-13-17-41-15-12-22-50-51(41)39-69(61(50)77)52-27-28-53(72)64-59(52)75/h6-8,11-12,15-16,18-19,21-26,35,38,40,47-48,52,70-71H,3-5,9-10,13-14,17,20,27-34,36-37,39H2,1-2H3,(H,63,76)(H,73,74)(H,64,72,75). The number of nitrogens with zero attached hydrogens (tertiary/aromatic N) is 5. The number of rotatable bonds is 30. The number of ether oxygens (including phenoxy) is 2. The van der Waals surface area contributed by atoms with Crippen molar-refractivity contribution in [3.05, 3.63) is 143 Å². The molecule has 1 fully saturated rings. The Balaban J connectivity index is 0.807. The number of para-hydroxylation sites is 1. The minimum Gasteiger partial charge on any atom is -0.494 e. The molecular weight excluding hydrogens is 1010 g/mol. The van der Waals surface area contributed by atoms with Crippen molar-refractivity contribution in [2.24, 2.45) is 0 Å². The smallest absolute Gasteiger partial charge is 0.305 e. The first-order chi connectivity index (χ1) is 38.2. The maximum Gasteiger partial charge on any atom is 0.305 e. The van der Waals surface area contributed by atoms with Crippen molar-refractivity contribution >= 4 is 35.3 Å². The number of aryl methyl sites for hydroxylation is 3. The van der Waals surface area contributed by atoms with Gasteiger partial charge in [-0.15, -0.1) is 5.10 Å². The highest BCUT2D eigenvalue weighted by atomic mass is 19.1. The van der Waals surface area contributed by atoms with Crippen molar-refractivity contribution in [3.8, 4) is 28.1 Å². The van der Waals surface area contributed by atoms with E-state index < -0.39 is 42.4 Å². The second kappa shape index (κ2) is 27.9. The van der Waals surface area contributed by atoms with Gasteiger partial charge in [0.2, 0.25) is 11.8 Å². The Kier molecular flexibility index (Phi) is 20.3. The first-order valence-electron chi connectivity index (χ1n) is 27.7. The van der Waals surface area contributed by atoms with Gasteiger partial charge in [0.1, 0.15) is 17.6 Å². The molecule has 17 nitrogen and oxygen atoms in total. The lowest BCUT2D eigenvalue weighted by Gasteiger charge is -2.29. The average Bonchev–Trinajstić information content (AvgIpc) is 4.16. The van der Waals surface area contributed by atoms with Gasteiger partial charge >= 0.3 is 5.97 Å². The molecule has 4 amide bonds. The fourth-order valence-corrected chi connectivity index (χ4v) is 10.7. The molecule has 2 aliphatic heterocycles. The summed E-state index contributed by atoms with van der Waals surface area (Å²) in [4.78, 5) is 64.8. The number of halogens is 1. The lowest BCUT2D eigenvalue weighted by Crippen LogP contribution is -2.52. The van der Waals surface area contributed by atoms with Gasteiger partial charge < -0.3 is 39.6 Å². The number of carbonyl (C=O) groups excluding carboxylic acids is 4. The number of aliphatic hydroxyl groups excluding tert-OH is 2. The summed E-state index contributed by atoms with van der Waals surface area (Å²) >= 11 is 0. The van der Waals surface area contributed by atoms with Crippen molar-refractivity contribution in [2.75, 3.05) is 25.1 Å². The second-order valence-electron chi connectivity index (χ2n) is 20.8. The number of amides is 4. The van der Waals surface area contributed by atoms with Crippen LogP contribution in [0.1, 0.15) is 140 Å². The lowest BCUT2D eigenvalue weighted by atomic mass is 9.94. The molecule has 3 atom stereocenters. The van der Waals surface area contributed by atoms with Crippen LogP contribution in [0.15, 0.2) is 103 Å². The summed E-state index contributed by atoms with van der Waals surface area (Å²) in [6.07, 6.45) is 7.89. The number of aliphatic carboxylic acids is 1. The van der Waals surface area contributed by atoms with E-state index >= 15 is 0 Å². The van der Waals surface area contributed by atoms with Gasteiger partial charge in [-0.05, 0) is 141 Å². The third-order valence-electron chi connectivity index (χ3n) is 14.5. The van der Waals surface area contributed by atoms with Crippen LogP contribution in [0, 0.1) is 5.82 Å². The normalized spacial score (nSPS) is 15.1. The average molecular weight is 1080 g/mol. The van der Waals surface area contributed by atoms with Crippen LogP contribution in [0.25, 0.3) is 22.4 Å². The highest BCUT2D eigenvalue weighted by molar-refractivity contribution is 6.12. The molecule has 2 aliphatic rings. The Bertz CT molecular complexity index is 3050. The monoisotopic (exact) mass is 1080 g/mol. The molecular formula is C61H72FN7O10. The van der Waals surface area contributed by atoms with E-state index in [1.165, 1.54) is 12.1 Å². The number of aliphatic hydroxyl groups is 2. The summed E-state index contributed by atoms with van der Waals surface area (Å²) in [7, 11) is 0. The number of hydrogen-bond acceptors (Lipinski definition) is 11.